The number of hydrogen-bond acceptors (Lipinski definition) is 4. The molecule has 116 valence electrons. The van der Waals surface area contributed by atoms with Crippen LogP contribution in [-0.2, 0) is 19.1 Å². The van der Waals surface area contributed by atoms with Crippen molar-refractivity contribution in [3.05, 3.63) is 11.1 Å². The van der Waals surface area contributed by atoms with Gasteiger partial charge >= 0.3 is 5.97 Å². The Hall–Kier alpha value is -1.17. The molecule has 0 aromatic rings. The maximum Gasteiger partial charge on any atom is 0.322 e. The second-order valence-electron chi connectivity index (χ2n) is 6.52. The Morgan fingerprint density at radius 2 is 1.67 bits per heavy atom. The van der Waals surface area contributed by atoms with E-state index >= 15 is 0 Å². The largest absolute Gasteiger partial charge is 0.443 e. The fraction of sp³-hybridized carbons (Fsp3) is 0.667. The fourth-order valence-electron chi connectivity index (χ4n) is 2.47. The monoisotopic (exact) mass is 357 g/mol. The summed E-state index contributed by atoms with van der Waals surface area (Å²) in [5.74, 6) is -1.07. The maximum absolute atomic E-state index is 12.2. The zero-order chi connectivity index (χ0) is 15.8. The number of nitrogens with zero attached hydrogens (tertiary/aromatic N) is 1. The summed E-state index contributed by atoms with van der Waals surface area (Å²) in [6.45, 7) is 5.40. The normalized spacial score (nSPS) is 20.7. The summed E-state index contributed by atoms with van der Waals surface area (Å²) >= 11 is 3.29. The third-order valence-electron chi connectivity index (χ3n) is 3.78. The lowest BCUT2D eigenvalue weighted by atomic mass is 9.92. The SMILES string of the molecule is CC(C)(C)C(Br)C(=O)OCN1C(=O)C2=C(CCCC2)C1=O. The van der Waals surface area contributed by atoms with Crippen LogP contribution in [0.15, 0.2) is 11.1 Å². The van der Waals surface area contributed by atoms with Gasteiger partial charge in [0.05, 0.1) is 0 Å². The van der Waals surface area contributed by atoms with E-state index in [-0.39, 0.29) is 24.0 Å². The zero-order valence-electron chi connectivity index (χ0n) is 12.6. The number of carbonyl (C=O) groups excluding carboxylic acids is 3. The standard InChI is InChI=1S/C15H20BrNO4/c1-15(2,3)11(16)14(20)21-8-17-12(18)9-6-4-5-7-10(9)13(17)19/h11H,4-8H2,1-3H3. The van der Waals surface area contributed by atoms with Crippen molar-refractivity contribution >= 4 is 33.7 Å². The van der Waals surface area contributed by atoms with Crippen LogP contribution in [-0.4, -0.2) is 34.2 Å². The molecule has 2 amide bonds. The highest BCUT2D eigenvalue weighted by Crippen LogP contribution is 2.33. The molecule has 0 saturated heterocycles. The summed E-state index contributed by atoms with van der Waals surface area (Å²) < 4.78 is 5.13. The van der Waals surface area contributed by atoms with Crippen molar-refractivity contribution < 1.29 is 19.1 Å². The van der Waals surface area contributed by atoms with Gasteiger partial charge in [0.1, 0.15) is 4.83 Å². The lowest BCUT2D eigenvalue weighted by Gasteiger charge is -2.24. The first-order chi connectivity index (χ1) is 9.73. The second kappa shape index (κ2) is 5.91. The average Bonchev–Trinajstić information content (AvgIpc) is 2.67. The van der Waals surface area contributed by atoms with Crippen LogP contribution >= 0.6 is 15.9 Å². The number of rotatable bonds is 3. The first kappa shape index (κ1) is 16.2. The number of amides is 2. The van der Waals surface area contributed by atoms with Gasteiger partial charge in [0.2, 0.25) is 0 Å². The number of esters is 1. The minimum absolute atomic E-state index is 0.298. The number of halogens is 1. The topological polar surface area (TPSA) is 63.7 Å². The van der Waals surface area contributed by atoms with Gasteiger partial charge in [0, 0.05) is 11.1 Å². The van der Waals surface area contributed by atoms with Gasteiger partial charge in [0.15, 0.2) is 6.73 Å². The molecule has 0 aromatic heterocycles. The van der Waals surface area contributed by atoms with E-state index in [1.165, 1.54) is 0 Å². The fourth-order valence-corrected chi connectivity index (χ4v) is 2.60. The van der Waals surface area contributed by atoms with Gasteiger partial charge in [-0.05, 0) is 31.1 Å². The molecule has 5 nitrogen and oxygen atoms in total. The van der Waals surface area contributed by atoms with E-state index in [2.05, 4.69) is 15.9 Å². The molecule has 6 heteroatoms. The molecule has 0 fully saturated rings. The molecule has 1 heterocycles. The average molecular weight is 358 g/mol. The number of imide groups is 1. The third-order valence-corrected chi connectivity index (χ3v) is 5.52. The first-order valence-corrected chi connectivity index (χ1v) is 8.04. The zero-order valence-corrected chi connectivity index (χ0v) is 14.2. The highest BCUT2D eigenvalue weighted by atomic mass is 79.9. The van der Waals surface area contributed by atoms with Gasteiger partial charge in [0.25, 0.3) is 11.8 Å². The minimum Gasteiger partial charge on any atom is -0.443 e. The molecule has 2 aliphatic rings. The summed E-state index contributed by atoms with van der Waals surface area (Å²) in [6.07, 6.45) is 3.15. The Kier molecular flexibility index (Phi) is 4.56. The van der Waals surface area contributed by atoms with Crippen LogP contribution in [0, 0.1) is 5.41 Å². The summed E-state index contributed by atoms with van der Waals surface area (Å²) in [5, 5.41) is 0. The molecule has 1 aliphatic carbocycles. The Balaban J connectivity index is 1.98. The van der Waals surface area contributed by atoms with E-state index in [0.717, 1.165) is 17.7 Å². The van der Waals surface area contributed by atoms with Gasteiger partial charge in [-0.25, -0.2) is 4.90 Å². The molecular formula is C15H20BrNO4. The maximum atomic E-state index is 12.2. The van der Waals surface area contributed by atoms with Crippen LogP contribution in [0.2, 0.25) is 0 Å². The van der Waals surface area contributed by atoms with Gasteiger partial charge in [-0.2, -0.15) is 0 Å². The van der Waals surface area contributed by atoms with Gasteiger partial charge in [-0.15, -0.1) is 0 Å². The second-order valence-corrected chi connectivity index (χ2v) is 7.44. The number of alkyl halides is 1. The van der Waals surface area contributed by atoms with Crippen molar-refractivity contribution in [3.63, 3.8) is 0 Å². The van der Waals surface area contributed by atoms with Crippen molar-refractivity contribution in [3.8, 4) is 0 Å². The van der Waals surface area contributed by atoms with Crippen molar-refractivity contribution in [2.75, 3.05) is 6.73 Å². The quantitative estimate of drug-likeness (QED) is 0.442. The first-order valence-electron chi connectivity index (χ1n) is 7.12. The van der Waals surface area contributed by atoms with E-state index in [0.29, 0.717) is 24.0 Å². The van der Waals surface area contributed by atoms with E-state index < -0.39 is 10.8 Å². The smallest absolute Gasteiger partial charge is 0.322 e. The highest BCUT2D eigenvalue weighted by Gasteiger charge is 2.40. The van der Waals surface area contributed by atoms with Crippen LogP contribution in [0.4, 0.5) is 0 Å². The molecule has 2 rings (SSSR count). The molecule has 1 unspecified atom stereocenters. The number of carbonyl (C=O) groups is 3. The van der Waals surface area contributed by atoms with E-state index in [1.54, 1.807) is 0 Å². The van der Waals surface area contributed by atoms with Crippen molar-refractivity contribution in [2.45, 2.75) is 51.3 Å². The van der Waals surface area contributed by atoms with Gasteiger partial charge in [-0.3, -0.25) is 14.4 Å². The highest BCUT2D eigenvalue weighted by molar-refractivity contribution is 9.10. The van der Waals surface area contributed by atoms with Gasteiger partial charge < -0.3 is 4.74 Å². The van der Waals surface area contributed by atoms with Crippen LogP contribution in [0.25, 0.3) is 0 Å². The number of ether oxygens (including phenoxy) is 1. The Bertz CT molecular complexity index is 490. The van der Waals surface area contributed by atoms with E-state index in [1.807, 2.05) is 20.8 Å². The minimum atomic E-state index is -0.486. The van der Waals surface area contributed by atoms with E-state index in [4.69, 9.17) is 4.74 Å². The molecule has 0 N–H and O–H groups in total. The summed E-state index contributed by atoms with van der Waals surface area (Å²) in [5.41, 5.74) is 0.912. The molecular weight excluding hydrogens is 338 g/mol. The summed E-state index contributed by atoms with van der Waals surface area (Å²) in [6, 6.07) is 0. The molecule has 1 atom stereocenters. The summed E-state index contributed by atoms with van der Waals surface area (Å²) in [4.78, 5) is 36.8. The van der Waals surface area contributed by atoms with Crippen molar-refractivity contribution in [1.82, 2.24) is 4.90 Å². The molecule has 0 saturated carbocycles. The van der Waals surface area contributed by atoms with Gasteiger partial charge in [-0.1, -0.05) is 36.7 Å². The third kappa shape index (κ3) is 3.20. The lowest BCUT2D eigenvalue weighted by Crippen LogP contribution is -2.38. The van der Waals surface area contributed by atoms with Crippen LogP contribution in [0.3, 0.4) is 0 Å². The predicted octanol–water partition coefficient (Wildman–Crippen LogP) is 2.54. The van der Waals surface area contributed by atoms with E-state index in [9.17, 15) is 14.4 Å². The molecule has 0 aromatic carbocycles. The molecule has 0 radical (unpaired) electrons. The van der Waals surface area contributed by atoms with Crippen molar-refractivity contribution in [1.29, 1.82) is 0 Å². The predicted molar refractivity (Wildman–Crippen MR) is 80.5 cm³/mol. The molecule has 0 spiro atoms. The van der Waals surface area contributed by atoms with Crippen LogP contribution < -0.4 is 0 Å². The Morgan fingerprint density at radius 3 is 2.10 bits per heavy atom. The van der Waals surface area contributed by atoms with Crippen LogP contribution in [0.5, 0.6) is 0 Å². The Morgan fingerprint density at radius 1 is 1.19 bits per heavy atom. The molecule has 21 heavy (non-hydrogen) atoms. The van der Waals surface area contributed by atoms with Crippen molar-refractivity contribution in [2.24, 2.45) is 5.41 Å². The lowest BCUT2D eigenvalue weighted by molar-refractivity contribution is -0.155. The van der Waals surface area contributed by atoms with Crippen LogP contribution in [0.1, 0.15) is 46.5 Å². The number of hydrogen-bond donors (Lipinski definition) is 0. The Labute approximate surface area is 132 Å². The summed E-state index contributed by atoms with van der Waals surface area (Å²) in [7, 11) is 0. The molecule has 1 aliphatic heterocycles. The molecule has 0 bridgehead atoms.